The van der Waals surface area contributed by atoms with Gasteiger partial charge in [-0.15, -0.1) is 0 Å². The first-order valence-corrected chi connectivity index (χ1v) is 6.22. The molecular weight excluding hydrogens is 244 g/mol. The lowest BCUT2D eigenvalue weighted by Gasteiger charge is -2.26. The van der Waals surface area contributed by atoms with E-state index < -0.39 is 12.0 Å². The van der Waals surface area contributed by atoms with Crippen LogP contribution in [0.3, 0.4) is 0 Å². The van der Waals surface area contributed by atoms with Gasteiger partial charge in [0.1, 0.15) is 11.8 Å². The molecule has 0 amide bonds. The van der Waals surface area contributed by atoms with Crippen molar-refractivity contribution in [2.45, 2.75) is 25.8 Å². The predicted molar refractivity (Wildman–Crippen MR) is 70.6 cm³/mol. The number of hydrogen-bond donors (Lipinski definition) is 2. The molecule has 102 valence electrons. The Morgan fingerprint density at radius 1 is 1.47 bits per heavy atom. The summed E-state index contributed by atoms with van der Waals surface area (Å²) in [5, 5.41) is 27.5. The first kappa shape index (κ1) is 15.0. The first-order valence-electron chi connectivity index (χ1n) is 6.22. The maximum atomic E-state index is 10.7. The largest absolute Gasteiger partial charge is 0.508 e. The lowest BCUT2D eigenvalue weighted by atomic mass is 10.1. The standard InChI is InChI=1S/C14H18N2O3/c1-2-7-16(8-6-14(18)19)13(10-15)11-4-3-5-12(17)9-11/h3-5,9,13,17H,2,6-8H2,1H3,(H,18,19). The van der Waals surface area contributed by atoms with E-state index in [1.54, 1.807) is 18.2 Å². The van der Waals surface area contributed by atoms with Gasteiger partial charge in [-0.3, -0.25) is 9.69 Å². The van der Waals surface area contributed by atoms with E-state index in [0.717, 1.165) is 6.42 Å². The Hall–Kier alpha value is -2.06. The van der Waals surface area contributed by atoms with E-state index >= 15 is 0 Å². The van der Waals surface area contributed by atoms with Gasteiger partial charge >= 0.3 is 5.97 Å². The molecule has 0 fully saturated rings. The Kier molecular flexibility index (Phi) is 5.83. The summed E-state index contributed by atoms with van der Waals surface area (Å²) in [6.45, 7) is 2.93. The van der Waals surface area contributed by atoms with Crippen LogP contribution in [0.2, 0.25) is 0 Å². The van der Waals surface area contributed by atoms with Crippen molar-refractivity contribution in [3.05, 3.63) is 29.8 Å². The van der Waals surface area contributed by atoms with E-state index in [-0.39, 0.29) is 12.2 Å². The van der Waals surface area contributed by atoms with Crippen molar-refractivity contribution < 1.29 is 15.0 Å². The van der Waals surface area contributed by atoms with Crippen LogP contribution in [0.5, 0.6) is 5.75 Å². The molecule has 1 aromatic rings. The van der Waals surface area contributed by atoms with Crippen molar-refractivity contribution in [3.63, 3.8) is 0 Å². The first-order chi connectivity index (χ1) is 9.08. The van der Waals surface area contributed by atoms with Gasteiger partial charge in [0.15, 0.2) is 0 Å². The molecule has 0 heterocycles. The molecular formula is C14H18N2O3. The molecule has 0 aliphatic carbocycles. The van der Waals surface area contributed by atoms with E-state index in [2.05, 4.69) is 6.07 Å². The third-order valence-corrected chi connectivity index (χ3v) is 2.80. The maximum absolute atomic E-state index is 10.7. The Morgan fingerprint density at radius 3 is 2.74 bits per heavy atom. The molecule has 1 unspecified atom stereocenters. The average molecular weight is 262 g/mol. The summed E-state index contributed by atoms with van der Waals surface area (Å²) < 4.78 is 0. The third kappa shape index (κ3) is 4.60. The number of aromatic hydroxyl groups is 1. The Balaban J connectivity index is 2.90. The van der Waals surface area contributed by atoms with Crippen molar-refractivity contribution in [1.82, 2.24) is 4.90 Å². The van der Waals surface area contributed by atoms with Crippen LogP contribution in [0.1, 0.15) is 31.4 Å². The Labute approximate surface area is 112 Å². The van der Waals surface area contributed by atoms with E-state index in [1.807, 2.05) is 11.8 Å². The van der Waals surface area contributed by atoms with Crippen molar-refractivity contribution in [2.24, 2.45) is 0 Å². The predicted octanol–water partition coefficient (Wildman–Crippen LogP) is 2.14. The monoisotopic (exact) mass is 262 g/mol. The molecule has 1 rings (SSSR count). The molecule has 0 bridgehead atoms. The second kappa shape index (κ2) is 7.39. The molecule has 0 saturated carbocycles. The summed E-state index contributed by atoms with van der Waals surface area (Å²) in [4.78, 5) is 12.5. The number of nitriles is 1. The van der Waals surface area contributed by atoms with Crippen molar-refractivity contribution >= 4 is 5.97 Å². The number of phenolic OH excluding ortho intramolecular Hbond substituents is 1. The van der Waals surface area contributed by atoms with E-state index in [4.69, 9.17) is 5.11 Å². The maximum Gasteiger partial charge on any atom is 0.304 e. The van der Waals surface area contributed by atoms with Gasteiger partial charge in [-0.05, 0) is 30.7 Å². The van der Waals surface area contributed by atoms with E-state index in [0.29, 0.717) is 18.7 Å². The quantitative estimate of drug-likeness (QED) is 0.786. The number of benzene rings is 1. The van der Waals surface area contributed by atoms with E-state index in [1.165, 1.54) is 6.07 Å². The highest BCUT2D eigenvalue weighted by atomic mass is 16.4. The average Bonchev–Trinajstić information content (AvgIpc) is 2.37. The fourth-order valence-electron chi connectivity index (χ4n) is 1.96. The van der Waals surface area contributed by atoms with Crippen LogP contribution >= 0.6 is 0 Å². The molecule has 5 nitrogen and oxygen atoms in total. The fraction of sp³-hybridized carbons (Fsp3) is 0.429. The summed E-state index contributed by atoms with van der Waals surface area (Å²) in [5.74, 6) is -0.777. The van der Waals surface area contributed by atoms with Crippen molar-refractivity contribution in [2.75, 3.05) is 13.1 Å². The van der Waals surface area contributed by atoms with Gasteiger partial charge in [-0.2, -0.15) is 5.26 Å². The SMILES string of the molecule is CCCN(CCC(=O)O)C(C#N)c1cccc(O)c1. The topological polar surface area (TPSA) is 84.6 Å². The smallest absolute Gasteiger partial charge is 0.304 e. The molecule has 1 atom stereocenters. The molecule has 1 aromatic carbocycles. The molecule has 5 heteroatoms. The summed E-state index contributed by atoms with van der Waals surface area (Å²) >= 11 is 0. The molecule has 0 saturated heterocycles. The number of aliphatic carboxylic acids is 1. The van der Waals surface area contributed by atoms with Gasteiger partial charge in [0.2, 0.25) is 0 Å². The van der Waals surface area contributed by atoms with Crippen molar-refractivity contribution in [1.29, 1.82) is 5.26 Å². The zero-order valence-corrected chi connectivity index (χ0v) is 10.9. The van der Waals surface area contributed by atoms with Gasteiger partial charge in [0.25, 0.3) is 0 Å². The minimum absolute atomic E-state index is 0.00298. The number of carboxylic acid groups (broad SMARTS) is 1. The zero-order chi connectivity index (χ0) is 14.3. The minimum atomic E-state index is -0.881. The number of carbonyl (C=O) groups is 1. The summed E-state index contributed by atoms with van der Waals surface area (Å²) in [6, 6.07) is 8.16. The summed E-state index contributed by atoms with van der Waals surface area (Å²) in [6.07, 6.45) is 0.827. The third-order valence-electron chi connectivity index (χ3n) is 2.80. The highest BCUT2D eigenvalue weighted by molar-refractivity contribution is 5.66. The van der Waals surface area contributed by atoms with Gasteiger partial charge < -0.3 is 10.2 Å². The summed E-state index contributed by atoms with van der Waals surface area (Å²) in [7, 11) is 0. The van der Waals surface area contributed by atoms with Crippen molar-refractivity contribution in [3.8, 4) is 11.8 Å². The van der Waals surface area contributed by atoms with Crippen LogP contribution in [0.25, 0.3) is 0 Å². The molecule has 0 aromatic heterocycles. The normalized spacial score (nSPS) is 12.1. The van der Waals surface area contributed by atoms with E-state index in [9.17, 15) is 15.2 Å². The number of carboxylic acids is 1. The molecule has 19 heavy (non-hydrogen) atoms. The number of hydrogen-bond acceptors (Lipinski definition) is 4. The highest BCUT2D eigenvalue weighted by Crippen LogP contribution is 2.23. The minimum Gasteiger partial charge on any atom is -0.508 e. The molecule has 0 radical (unpaired) electrons. The van der Waals surface area contributed by atoms with Crippen LogP contribution in [0, 0.1) is 11.3 Å². The fourth-order valence-corrected chi connectivity index (χ4v) is 1.96. The zero-order valence-electron chi connectivity index (χ0n) is 10.9. The highest BCUT2D eigenvalue weighted by Gasteiger charge is 2.20. The lowest BCUT2D eigenvalue weighted by molar-refractivity contribution is -0.137. The van der Waals surface area contributed by atoms with Crippen LogP contribution in [-0.2, 0) is 4.79 Å². The second-order valence-electron chi connectivity index (χ2n) is 4.31. The second-order valence-corrected chi connectivity index (χ2v) is 4.31. The summed E-state index contributed by atoms with van der Waals surface area (Å²) in [5.41, 5.74) is 0.682. The molecule has 0 aliphatic rings. The molecule has 0 aliphatic heterocycles. The Morgan fingerprint density at radius 2 is 2.21 bits per heavy atom. The molecule has 0 spiro atoms. The van der Waals surface area contributed by atoms with Gasteiger partial charge in [-0.1, -0.05) is 19.1 Å². The lowest BCUT2D eigenvalue weighted by Crippen LogP contribution is -2.31. The van der Waals surface area contributed by atoms with Gasteiger partial charge in [0.05, 0.1) is 12.5 Å². The van der Waals surface area contributed by atoms with Crippen LogP contribution in [0.4, 0.5) is 0 Å². The number of phenols is 1. The number of nitrogens with zero attached hydrogens (tertiary/aromatic N) is 2. The van der Waals surface area contributed by atoms with Crippen LogP contribution in [-0.4, -0.2) is 34.2 Å². The van der Waals surface area contributed by atoms with Gasteiger partial charge in [-0.25, -0.2) is 0 Å². The Bertz CT molecular complexity index is 468. The van der Waals surface area contributed by atoms with Gasteiger partial charge in [0, 0.05) is 6.54 Å². The number of rotatable bonds is 7. The van der Waals surface area contributed by atoms with Crippen LogP contribution in [0.15, 0.2) is 24.3 Å². The van der Waals surface area contributed by atoms with Crippen LogP contribution < -0.4 is 0 Å². The molecule has 2 N–H and O–H groups in total.